The van der Waals surface area contributed by atoms with E-state index in [0.717, 1.165) is 11.3 Å². The van der Waals surface area contributed by atoms with E-state index in [1.807, 2.05) is 37.3 Å². The van der Waals surface area contributed by atoms with Crippen LogP contribution in [0.4, 0.5) is 0 Å². The molecule has 0 aliphatic rings. The molecule has 0 saturated carbocycles. The summed E-state index contributed by atoms with van der Waals surface area (Å²) in [6.07, 6.45) is 7.07. The molecule has 16 heavy (non-hydrogen) atoms. The van der Waals surface area contributed by atoms with Gasteiger partial charge in [-0.1, -0.05) is 19.6 Å². The summed E-state index contributed by atoms with van der Waals surface area (Å²) >= 11 is 0. The van der Waals surface area contributed by atoms with Crippen LogP contribution in [0, 0.1) is 0 Å². The maximum Gasteiger partial charge on any atom is 0.0703 e. The van der Waals surface area contributed by atoms with Crippen molar-refractivity contribution in [1.29, 1.82) is 0 Å². The minimum absolute atomic E-state index is 0. The lowest BCUT2D eigenvalue weighted by molar-refractivity contribution is 1.29. The van der Waals surface area contributed by atoms with Crippen molar-refractivity contribution < 1.29 is 0 Å². The Morgan fingerprint density at radius 3 is 2.19 bits per heavy atom. The third kappa shape index (κ3) is 4.51. The van der Waals surface area contributed by atoms with Crippen LogP contribution in [-0.2, 0) is 0 Å². The molecule has 0 saturated heterocycles. The molecule has 0 unspecified atom stereocenters. The molecule has 0 amide bonds. The van der Waals surface area contributed by atoms with Gasteiger partial charge in [0, 0.05) is 24.2 Å². The first-order valence-corrected chi connectivity index (χ1v) is 4.77. The quantitative estimate of drug-likeness (QED) is 0.671. The smallest absolute Gasteiger partial charge is 0.0703 e. The highest BCUT2D eigenvalue weighted by Gasteiger charge is 1.94. The van der Waals surface area contributed by atoms with Gasteiger partial charge < -0.3 is 0 Å². The van der Waals surface area contributed by atoms with Gasteiger partial charge in [0.2, 0.25) is 0 Å². The topological polar surface area (TPSA) is 25.8 Å². The van der Waals surface area contributed by atoms with Crippen molar-refractivity contribution in [3.05, 3.63) is 61.6 Å². The molecule has 2 rings (SSSR count). The van der Waals surface area contributed by atoms with E-state index >= 15 is 0 Å². The van der Waals surface area contributed by atoms with Crippen LogP contribution in [0.2, 0.25) is 0 Å². The summed E-state index contributed by atoms with van der Waals surface area (Å²) in [5, 5.41) is 0. The van der Waals surface area contributed by atoms with Crippen LogP contribution >= 0.6 is 0 Å². The van der Waals surface area contributed by atoms with E-state index in [1.54, 1.807) is 24.7 Å². The summed E-state index contributed by atoms with van der Waals surface area (Å²) in [4.78, 5) is 8.16. The number of hydrogen-bond donors (Lipinski definition) is 0. The van der Waals surface area contributed by atoms with Gasteiger partial charge in [-0.15, -0.1) is 6.58 Å². The second-order valence-electron chi connectivity index (χ2n) is 2.86. The average molecular weight is 214 g/mol. The molecule has 0 radical (unpaired) electrons. The second kappa shape index (κ2) is 8.36. The first-order valence-electron chi connectivity index (χ1n) is 4.77. The molecular formula is C14H18N2. The van der Waals surface area contributed by atoms with Crippen molar-refractivity contribution in [2.75, 3.05) is 0 Å². The zero-order valence-electron chi connectivity index (χ0n) is 8.80. The minimum atomic E-state index is 0. The first-order chi connectivity index (χ1) is 7.38. The first kappa shape index (κ1) is 14.0. The molecule has 0 aliphatic carbocycles. The zero-order valence-corrected chi connectivity index (χ0v) is 8.80. The van der Waals surface area contributed by atoms with Gasteiger partial charge in [0.1, 0.15) is 0 Å². The Balaban J connectivity index is 0.000000511. The third-order valence-corrected chi connectivity index (χ3v) is 1.64. The Hall–Kier alpha value is -1.96. The molecule has 0 aliphatic heterocycles. The van der Waals surface area contributed by atoms with Gasteiger partial charge in [0.15, 0.2) is 0 Å². The summed E-state index contributed by atoms with van der Waals surface area (Å²) in [6.45, 7) is 5.25. The Morgan fingerprint density at radius 2 is 1.69 bits per heavy atom. The van der Waals surface area contributed by atoms with Crippen LogP contribution in [0.1, 0.15) is 14.4 Å². The van der Waals surface area contributed by atoms with Crippen LogP contribution in [-0.4, -0.2) is 9.97 Å². The van der Waals surface area contributed by atoms with E-state index in [2.05, 4.69) is 16.5 Å². The Labute approximate surface area is 97.7 Å². The highest BCUT2D eigenvalue weighted by atomic mass is 14.7. The van der Waals surface area contributed by atoms with Gasteiger partial charge in [-0.3, -0.25) is 9.97 Å². The summed E-state index contributed by atoms with van der Waals surface area (Å²) in [5.74, 6) is 0. The number of aromatic nitrogens is 2. The predicted molar refractivity (Wildman–Crippen MR) is 70.1 cm³/mol. The summed E-state index contributed by atoms with van der Waals surface area (Å²) in [7, 11) is 0. The van der Waals surface area contributed by atoms with E-state index < -0.39 is 0 Å². The van der Waals surface area contributed by atoms with Crippen LogP contribution in [0.25, 0.3) is 11.3 Å². The molecule has 0 aromatic carbocycles. The lowest BCUT2D eigenvalue weighted by atomic mass is 10.2. The molecule has 0 spiro atoms. The highest BCUT2D eigenvalue weighted by Crippen LogP contribution is 2.13. The molecule has 2 heteroatoms. The number of allylic oxidation sites excluding steroid dienone is 1. The van der Waals surface area contributed by atoms with E-state index in [1.165, 1.54) is 0 Å². The normalized spacial score (nSPS) is 8.06. The minimum Gasteiger partial charge on any atom is -0.265 e. The summed E-state index contributed by atoms with van der Waals surface area (Å²) in [6, 6.07) is 9.76. The Bertz CT molecular complexity index is 344. The Kier molecular flexibility index (Phi) is 7.33. The Morgan fingerprint density at radius 1 is 1.06 bits per heavy atom. The van der Waals surface area contributed by atoms with Crippen molar-refractivity contribution in [1.82, 2.24) is 9.97 Å². The lowest BCUT2D eigenvalue weighted by Gasteiger charge is -1.96. The fraction of sp³-hybridized carbons (Fsp3) is 0.143. The van der Waals surface area contributed by atoms with Gasteiger partial charge in [-0.2, -0.15) is 0 Å². The summed E-state index contributed by atoms with van der Waals surface area (Å²) < 4.78 is 0. The third-order valence-electron chi connectivity index (χ3n) is 1.64. The van der Waals surface area contributed by atoms with Crippen molar-refractivity contribution in [2.45, 2.75) is 14.4 Å². The molecule has 2 heterocycles. The maximum atomic E-state index is 4.22. The van der Waals surface area contributed by atoms with E-state index in [0.29, 0.717) is 0 Å². The largest absolute Gasteiger partial charge is 0.265 e. The molecular weight excluding hydrogens is 196 g/mol. The van der Waals surface area contributed by atoms with Gasteiger partial charge in [0.05, 0.1) is 5.69 Å². The fourth-order valence-corrected chi connectivity index (χ4v) is 1.06. The zero-order chi connectivity index (χ0) is 10.9. The van der Waals surface area contributed by atoms with Crippen LogP contribution in [0.3, 0.4) is 0 Å². The molecule has 0 N–H and O–H groups in total. The van der Waals surface area contributed by atoms with Crippen molar-refractivity contribution >= 4 is 0 Å². The predicted octanol–water partition coefficient (Wildman–Crippen LogP) is 3.97. The second-order valence-corrected chi connectivity index (χ2v) is 2.86. The fourth-order valence-electron chi connectivity index (χ4n) is 1.06. The molecule has 0 fully saturated rings. The van der Waals surface area contributed by atoms with E-state index in [4.69, 9.17) is 0 Å². The number of nitrogens with zero attached hydrogens (tertiary/aromatic N) is 2. The molecule has 2 nitrogen and oxygen atoms in total. The van der Waals surface area contributed by atoms with Gasteiger partial charge >= 0.3 is 0 Å². The number of hydrogen-bond acceptors (Lipinski definition) is 2. The maximum absolute atomic E-state index is 4.22. The van der Waals surface area contributed by atoms with Gasteiger partial charge in [-0.05, 0) is 31.2 Å². The standard InChI is InChI=1S/C10H8N2.C3H6.CH4/c1-2-6-12-10(3-1)9-4-7-11-8-5-9;1-3-2;/h1-8H;3H,1H2,2H3;1H4. The van der Waals surface area contributed by atoms with Crippen molar-refractivity contribution in [2.24, 2.45) is 0 Å². The molecule has 2 aromatic heterocycles. The van der Waals surface area contributed by atoms with Gasteiger partial charge in [0.25, 0.3) is 0 Å². The van der Waals surface area contributed by atoms with Crippen molar-refractivity contribution in [3.63, 3.8) is 0 Å². The highest BCUT2D eigenvalue weighted by molar-refractivity contribution is 5.57. The van der Waals surface area contributed by atoms with Crippen LogP contribution in [0.15, 0.2) is 61.6 Å². The molecule has 0 bridgehead atoms. The monoisotopic (exact) mass is 214 g/mol. The molecule has 84 valence electrons. The van der Waals surface area contributed by atoms with Crippen LogP contribution < -0.4 is 0 Å². The molecule has 0 atom stereocenters. The van der Waals surface area contributed by atoms with Crippen molar-refractivity contribution in [3.8, 4) is 11.3 Å². The van der Waals surface area contributed by atoms with Crippen LogP contribution in [0.5, 0.6) is 0 Å². The lowest BCUT2D eigenvalue weighted by Crippen LogP contribution is -1.80. The molecule has 2 aromatic rings. The summed E-state index contributed by atoms with van der Waals surface area (Å²) in [5.41, 5.74) is 2.09. The van der Waals surface area contributed by atoms with E-state index in [9.17, 15) is 0 Å². The van der Waals surface area contributed by atoms with Gasteiger partial charge in [-0.25, -0.2) is 0 Å². The number of pyridine rings is 2. The SMILES string of the molecule is C.C=CC.c1ccc(-c2ccncc2)nc1. The number of rotatable bonds is 1. The average Bonchev–Trinajstić information content (AvgIpc) is 2.32. The van der Waals surface area contributed by atoms with E-state index in [-0.39, 0.29) is 7.43 Å².